The maximum absolute atomic E-state index is 15.0. The Bertz CT molecular complexity index is 1460. The molecule has 5 nitrogen and oxygen atoms in total. The number of piperidine rings is 1. The lowest BCUT2D eigenvalue weighted by Gasteiger charge is -2.32. The van der Waals surface area contributed by atoms with Gasteiger partial charge in [0, 0.05) is 36.8 Å². The zero-order chi connectivity index (χ0) is 26.9. The second-order valence-corrected chi connectivity index (χ2v) is 11.0. The van der Waals surface area contributed by atoms with Crippen LogP contribution in [0.3, 0.4) is 0 Å². The molecule has 2 aromatic heterocycles. The topological polar surface area (TPSA) is 51.3 Å². The Morgan fingerprint density at radius 1 is 0.974 bits per heavy atom. The first-order valence-electron chi connectivity index (χ1n) is 14.0. The van der Waals surface area contributed by atoms with Gasteiger partial charge >= 0.3 is 0 Å². The number of ketones is 1. The molecule has 1 aliphatic carbocycles. The minimum atomic E-state index is -0.371. The average Bonchev–Trinajstić information content (AvgIpc) is 3.71. The highest BCUT2D eigenvalue weighted by Crippen LogP contribution is 2.39. The Labute approximate surface area is 227 Å². The molecule has 39 heavy (non-hydrogen) atoms. The molecule has 1 aliphatic heterocycles. The number of carbonyl (C=O) groups excluding carboxylic acids is 1. The number of hydrogen-bond donors (Lipinski definition) is 0. The number of furan rings is 1. The Morgan fingerprint density at radius 3 is 2.44 bits per heavy atom. The number of benzene rings is 2. The fourth-order valence-electron chi connectivity index (χ4n) is 5.90. The van der Waals surface area contributed by atoms with Crippen LogP contribution in [0.15, 0.2) is 65.3 Å². The van der Waals surface area contributed by atoms with Crippen molar-refractivity contribution >= 4 is 11.5 Å². The lowest BCUT2D eigenvalue weighted by atomic mass is 9.98. The van der Waals surface area contributed by atoms with Gasteiger partial charge in [-0.2, -0.15) is 0 Å². The summed E-state index contributed by atoms with van der Waals surface area (Å²) in [5.41, 5.74) is 3.46. The van der Waals surface area contributed by atoms with E-state index < -0.39 is 0 Å². The second kappa shape index (κ2) is 10.8. The predicted molar refractivity (Wildman–Crippen MR) is 148 cm³/mol. The summed E-state index contributed by atoms with van der Waals surface area (Å²) in [5, 5.41) is 0. The second-order valence-electron chi connectivity index (χ2n) is 11.0. The van der Waals surface area contributed by atoms with Gasteiger partial charge in [0.05, 0.1) is 12.0 Å². The van der Waals surface area contributed by atoms with Crippen LogP contribution < -0.4 is 4.90 Å². The zero-order valence-corrected chi connectivity index (χ0v) is 22.2. The third-order valence-electron chi connectivity index (χ3n) is 8.28. The van der Waals surface area contributed by atoms with Gasteiger partial charge in [-0.1, -0.05) is 25.8 Å². The van der Waals surface area contributed by atoms with Crippen LogP contribution in [-0.4, -0.2) is 28.4 Å². The minimum absolute atomic E-state index is 0.0805. The van der Waals surface area contributed by atoms with E-state index in [1.807, 2.05) is 12.4 Å². The van der Waals surface area contributed by atoms with Crippen molar-refractivity contribution in [3.05, 3.63) is 83.9 Å². The number of halogens is 2. The van der Waals surface area contributed by atoms with Crippen molar-refractivity contribution in [1.82, 2.24) is 9.55 Å². The standard InChI is InChI=1S/C32H33F2N3O2/c1-21-14-16-36(17-15-21)26-11-8-23(27(34)19-26)18-28(38)29-12-13-30(39-29)32-31(22-6-9-24(33)10-7-22)35-20-37(32)25-4-2-3-5-25/h6-13,19-21,25H,2-5,14-18H2,1H3. The summed E-state index contributed by atoms with van der Waals surface area (Å²) in [7, 11) is 0. The summed E-state index contributed by atoms with van der Waals surface area (Å²) in [5.74, 6) is 0.441. The molecule has 1 saturated heterocycles. The summed E-state index contributed by atoms with van der Waals surface area (Å²) in [4.78, 5) is 20.0. The van der Waals surface area contributed by atoms with Crippen molar-refractivity contribution in [3.63, 3.8) is 0 Å². The molecular formula is C32H33F2N3O2. The lowest BCUT2D eigenvalue weighted by Crippen LogP contribution is -2.32. The van der Waals surface area contributed by atoms with E-state index in [4.69, 9.17) is 4.42 Å². The third-order valence-corrected chi connectivity index (χ3v) is 8.28. The Balaban J connectivity index is 1.25. The Hall–Kier alpha value is -3.74. The first-order chi connectivity index (χ1) is 19.0. The summed E-state index contributed by atoms with van der Waals surface area (Å²) >= 11 is 0. The van der Waals surface area contributed by atoms with E-state index in [0.29, 0.717) is 29.0 Å². The van der Waals surface area contributed by atoms with E-state index >= 15 is 4.39 Å². The van der Waals surface area contributed by atoms with Gasteiger partial charge in [0.1, 0.15) is 17.3 Å². The number of hydrogen-bond acceptors (Lipinski definition) is 4. The van der Waals surface area contributed by atoms with Crippen molar-refractivity contribution in [1.29, 1.82) is 0 Å². The molecule has 7 heteroatoms. The van der Waals surface area contributed by atoms with Gasteiger partial charge in [0.15, 0.2) is 11.5 Å². The molecule has 0 radical (unpaired) electrons. The number of anilines is 1. The first kappa shape index (κ1) is 25.5. The molecule has 3 heterocycles. The highest BCUT2D eigenvalue weighted by atomic mass is 19.1. The first-order valence-corrected chi connectivity index (χ1v) is 14.0. The number of aromatic nitrogens is 2. The monoisotopic (exact) mass is 529 g/mol. The summed E-state index contributed by atoms with van der Waals surface area (Å²) in [6, 6.07) is 15.1. The number of imidazole rings is 1. The number of nitrogens with zero attached hydrogens (tertiary/aromatic N) is 3. The molecule has 0 bridgehead atoms. The number of Topliss-reactive ketones (excluding diaryl/α,β-unsaturated/α-hetero) is 1. The fourth-order valence-corrected chi connectivity index (χ4v) is 5.90. The third kappa shape index (κ3) is 5.27. The molecule has 0 unspecified atom stereocenters. The normalized spacial score (nSPS) is 16.7. The van der Waals surface area contributed by atoms with E-state index in [9.17, 15) is 9.18 Å². The van der Waals surface area contributed by atoms with Gasteiger partial charge in [-0.05, 0) is 85.7 Å². The molecule has 6 rings (SSSR count). The molecule has 202 valence electrons. The molecule has 0 amide bonds. The molecule has 1 saturated carbocycles. The van der Waals surface area contributed by atoms with Crippen LogP contribution in [-0.2, 0) is 6.42 Å². The van der Waals surface area contributed by atoms with Crippen molar-refractivity contribution < 1.29 is 18.0 Å². The molecule has 0 spiro atoms. The van der Waals surface area contributed by atoms with Crippen LogP contribution in [0.4, 0.5) is 14.5 Å². The van der Waals surface area contributed by atoms with Crippen LogP contribution in [0.1, 0.15) is 67.6 Å². The van der Waals surface area contributed by atoms with Gasteiger partial charge < -0.3 is 13.9 Å². The van der Waals surface area contributed by atoms with E-state index in [1.54, 1.807) is 36.4 Å². The molecular weight excluding hydrogens is 496 g/mol. The van der Waals surface area contributed by atoms with Crippen molar-refractivity contribution in [2.24, 2.45) is 5.92 Å². The maximum atomic E-state index is 15.0. The van der Waals surface area contributed by atoms with Gasteiger partial charge in [0.25, 0.3) is 0 Å². The van der Waals surface area contributed by atoms with E-state index in [-0.39, 0.29) is 29.6 Å². The van der Waals surface area contributed by atoms with Crippen molar-refractivity contribution in [2.45, 2.75) is 57.9 Å². The van der Waals surface area contributed by atoms with Gasteiger partial charge in [-0.25, -0.2) is 13.8 Å². The molecule has 0 atom stereocenters. The molecule has 2 aromatic carbocycles. The van der Waals surface area contributed by atoms with E-state index in [0.717, 1.165) is 68.6 Å². The predicted octanol–water partition coefficient (Wildman–Crippen LogP) is 7.87. The largest absolute Gasteiger partial charge is 0.451 e. The highest BCUT2D eigenvalue weighted by Gasteiger charge is 2.26. The quantitative estimate of drug-likeness (QED) is 0.229. The summed E-state index contributed by atoms with van der Waals surface area (Å²) in [6.07, 6.45) is 8.33. The Morgan fingerprint density at radius 2 is 1.72 bits per heavy atom. The fraction of sp³-hybridized carbons (Fsp3) is 0.375. The molecule has 2 fully saturated rings. The molecule has 2 aliphatic rings. The van der Waals surface area contributed by atoms with E-state index in [2.05, 4.69) is 21.4 Å². The number of carbonyl (C=O) groups is 1. The Kier molecular flexibility index (Phi) is 7.07. The molecule has 0 N–H and O–H groups in total. The van der Waals surface area contributed by atoms with Crippen LogP contribution in [0, 0.1) is 17.6 Å². The van der Waals surface area contributed by atoms with Crippen LogP contribution in [0.25, 0.3) is 22.7 Å². The van der Waals surface area contributed by atoms with Gasteiger partial charge in [-0.3, -0.25) is 4.79 Å². The van der Waals surface area contributed by atoms with Crippen LogP contribution in [0.5, 0.6) is 0 Å². The van der Waals surface area contributed by atoms with Gasteiger partial charge in [-0.15, -0.1) is 0 Å². The SMILES string of the molecule is CC1CCN(c2ccc(CC(=O)c3ccc(-c4c(-c5ccc(F)cc5)ncn4C4CCCC4)o3)c(F)c2)CC1. The van der Waals surface area contributed by atoms with Crippen molar-refractivity contribution in [2.75, 3.05) is 18.0 Å². The smallest absolute Gasteiger partial charge is 0.202 e. The highest BCUT2D eigenvalue weighted by molar-refractivity contribution is 5.95. The van der Waals surface area contributed by atoms with Crippen LogP contribution >= 0.6 is 0 Å². The number of rotatable bonds is 7. The summed E-state index contributed by atoms with van der Waals surface area (Å²) < 4.78 is 36.9. The maximum Gasteiger partial charge on any atom is 0.202 e. The van der Waals surface area contributed by atoms with E-state index in [1.165, 1.54) is 12.1 Å². The minimum Gasteiger partial charge on any atom is -0.451 e. The zero-order valence-electron chi connectivity index (χ0n) is 22.2. The van der Waals surface area contributed by atoms with Gasteiger partial charge in [0.2, 0.25) is 5.78 Å². The lowest BCUT2D eigenvalue weighted by molar-refractivity contribution is 0.0966. The molecule has 4 aromatic rings. The average molecular weight is 530 g/mol. The van der Waals surface area contributed by atoms with Crippen molar-refractivity contribution in [3.8, 4) is 22.7 Å². The summed E-state index contributed by atoms with van der Waals surface area (Å²) in [6.45, 7) is 4.09. The van der Waals surface area contributed by atoms with Crippen LogP contribution in [0.2, 0.25) is 0 Å².